The van der Waals surface area contributed by atoms with Gasteiger partial charge in [-0.1, -0.05) is 24.4 Å². The van der Waals surface area contributed by atoms with Gasteiger partial charge in [0.25, 0.3) is 5.91 Å². The summed E-state index contributed by atoms with van der Waals surface area (Å²) in [7, 11) is 0. The van der Waals surface area contributed by atoms with Gasteiger partial charge >= 0.3 is 0 Å². The van der Waals surface area contributed by atoms with Crippen LogP contribution in [0.5, 0.6) is 5.75 Å². The van der Waals surface area contributed by atoms with E-state index in [0.29, 0.717) is 18.0 Å². The first-order valence-corrected chi connectivity index (χ1v) is 7.00. The summed E-state index contributed by atoms with van der Waals surface area (Å²) in [4.78, 5) is 12.4. The third kappa shape index (κ3) is 4.18. The molecule has 1 atom stereocenters. The van der Waals surface area contributed by atoms with Crippen molar-refractivity contribution in [1.29, 1.82) is 0 Å². The van der Waals surface area contributed by atoms with Gasteiger partial charge in [0.15, 0.2) is 0 Å². The second-order valence-electron chi connectivity index (χ2n) is 4.60. The maximum absolute atomic E-state index is 12.1. The molecular formula is C14H18N2O3S. The highest BCUT2D eigenvalue weighted by molar-refractivity contribution is 7.80. The largest absolute Gasteiger partial charge is 0.484 e. The van der Waals surface area contributed by atoms with Crippen LogP contribution in [-0.4, -0.2) is 30.2 Å². The van der Waals surface area contributed by atoms with E-state index in [-0.39, 0.29) is 23.6 Å². The molecule has 1 saturated heterocycles. The average molecular weight is 294 g/mol. The number of nitrogens with one attached hydrogen (secondary N) is 1. The molecule has 0 aliphatic carbocycles. The molecule has 3 N–H and O–H groups in total. The lowest BCUT2D eigenvalue weighted by Crippen LogP contribution is -2.33. The molecule has 2 rings (SSSR count). The van der Waals surface area contributed by atoms with Gasteiger partial charge in [0.05, 0.1) is 5.69 Å². The van der Waals surface area contributed by atoms with Crippen LogP contribution in [0.2, 0.25) is 0 Å². The van der Waals surface area contributed by atoms with Gasteiger partial charge in [-0.05, 0) is 31.4 Å². The number of benzene rings is 1. The molecule has 1 fully saturated rings. The second-order valence-corrected chi connectivity index (χ2v) is 5.12. The van der Waals surface area contributed by atoms with Crippen LogP contribution < -0.4 is 15.8 Å². The monoisotopic (exact) mass is 294 g/mol. The molecule has 1 aliphatic rings. The maximum Gasteiger partial charge on any atom is 0.253 e. The molecule has 0 spiro atoms. The van der Waals surface area contributed by atoms with Crippen LogP contribution >= 0.6 is 12.2 Å². The lowest BCUT2D eigenvalue weighted by Gasteiger charge is -2.22. The number of para-hydroxylation sites is 2. The van der Waals surface area contributed by atoms with Crippen molar-refractivity contribution >= 4 is 28.8 Å². The minimum Gasteiger partial charge on any atom is -0.484 e. The Bertz CT molecular complexity index is 487. The standard InChI is InChI=1S/C14H18N2O3S/c15-13(20)9-19-11-6-2-1-5-10(11)16-14(17)12-7-3-4-8-18-12/h1-2,5-6,12H,3-4,7-9H2,(H2,15,20)(H,16,17). The molecule has 0 radical (unpaired) electrons. The fourth-order valence-corrected chi connectivity index (χ4v) is 2.06. The van der Waals surface area contributed by atoms with Gasteiger partial charge in [0.2, 0.25) is 0 Å². The second kappa shape index (κ2) is 7.21. The van der Waals surface area contributed by atoms with Crippen LogP contribution in [0.25, 0.3) is 0 Å². The molecule has 5 nitrogen and oxygen atoms in total. The van der Waals surface area contributed by atoms with Crippen molar-refractivity contribution < 1.29 is 14.3 Å². The van der Waals surface area contributed by atoms with Crippen molar-refractivity contribution in [1.82, 2.24) is 0 Å². The Kier molecular flexibility index (Phi) is 5.31. The van der Waals surface area contributed by atoms with Crippen LogP contribution in [0, 0.1) is 0 Å². The first-order valence-electron chi connectivity index (χ1n) is 6.59. The first kappa shape index (κ1) is 14.7. The molecule has 6 heteroatoms. The minimum atomic E-state index is -0.382. The summed E-state index contributed by atoms with van der Waals surface area (Å²) in [5, 5.41) is 2.83. The quantitative estimate of drug-likeness (QED) is 0.811. The minimum absolute atomic E-state index is 0.141. The van der Waals surface area contributed by atoms with Crippen LogP contribution in [-0.2, 0) is 9.53 Å². The molecule has 0 saturated carbocycles. The predicted molar refractivity (Wildman–Crippen MR) is 80.9 cm³/mol. The number of amides is 1. The van der Waals surface area contributed by atoms with E-state index in [1.807, 2.05) is 12.1 Å². The zero-order valence-corrected chi connectivity index (χ0v) is 11.9. The van der Waals surface area contributed by atoms with E-state index in [0.717, 1.165) is 19.3 Å². The van der Waals surface area contributed by atoms with Crippen molar-refractivity contribution in [2.24, 2.45) is 5.73 Å². The van der Waals surface area contributed by atoms with E-state index < -0.39 is 0 Å². The van der Waals surface area contributed by atoms with Crippen LogP contribution in [0.3, 0.4) is 0 Å². The van der Waals surface area contributed by atoms with Crippen molar-refractivity contribution in [3.05, 3.63) is 24.3 Å². The summed E-state index contributed by atoms with van der Waals surface area (Å²) >= 11 is 4.77. The Labute approximate surface area is 123 Å². The molecule has 0 bridgehead atoms. The van der Waals surface area contributed by atoms with Crippen LogP contribution in [0.4, 0.5) is 5.69 Å². The Balaban J connectivity index is 2.00. The Hall–Kier alpha value is -1.66. The molecule has 1 unspecified atom stereocenters. The average Bonchev–Trinajstić information content (AvgIpc) is 2.47. The molecule has 20 heavy (non-hydrogen) atoms. The molecule has 1 heterocycles. The van der Waals surface area contributed by atoms with Crippen molar-refractivity contribution in [2.75, 3.05) is 18.5 Å². The highest BCUT2D eigenvalue weighted by Gasteiger charge is 2.22. The Morgan fingerprint density at radius 1 is 1.45 bits per heavy atom. The van der Waals surface area contributed by atoms with E-state index >= 15 is 0 Å². The van der Waals surface area contributed by atoms with Crippen molar-refractivity contribution in [3.63, 3.8) is 0 Å². The number of thiocarbonyl (C=S) groups is 1. The van der Waals surface area contributed by atoms with Gasteiger partial charge in [-0.15, -0.1) is 0 Å². The van der Waals surface area contributed by atoms with E-state index in [1.165, 1.54) is 0 Å². The number of ether oxygens (including phenoxy) is 2. The molecule has 1 amide bonds. The number of rotatable bonds is 5. The van der Waals surface area contributed by atoms with Crippen LogP contribution in [0.15, 0.2) is 24.3 Å². The van der Waals surface area contributed by atoms with Gasteiger partial charge in [-0.2, -0.15) is 0 Å². The molecule has 0 aromatic heterocycles. The lowest BCUT2D eigenvalue weighted by atomic mass is 10.1. The van der Waals surface area contributed by atoms with Gasteiger partial charge in [-0.25, -0.2) is 0 Å². The predicted octanol–water partition coefficient (Wildman–Crippen LogP) is 1.86. The third-order valence-electron chi connectivity index (χ3n) is 2.99. The number of carbonyl (C=O) groups excluding carboxylic acids is 1. The zero-order valence-electron chi connectivity index (χ0n) is 11.1. The maximum atomic E-state index is 12.1. The van der Waals surface area contributed by atoms with E-state index in [4.69, 9.17) is 27.4 Å². The molecule has 1 aromatic carbocycles. The highest BCUT2D eigenvalue weighted by Crippen LogP contribution is 2.25. The topological polar surface area (TPSA) is 73.6 Å². The van der Waals surface area contributed by atoms with Gasteiger partial charge in [0, 0.05) is 6.61 Å². The summed E-state index contributed by atoms with van der Waals surface area (Å²) in [6.07, 6.45) is 2.39. The van der Waals surface area contributed by atoms with Crippen molar-refractivity contribution in [2.45, 2.75) is 25.4 Å². The molecular weight excluding hydrogens is 276 g/mol. The van der Waals surface area contributed by atoms with E-state index in [1.54, 1.807) is 12.1 Å². The summed E-state index contributed by atoms with van der Waals surface area (Å²) in [6.45, 7) is 0.778. The molecule has 1 aliphatic heterocycles. The van der Waals surface area contributed by atoms with Crippen molar-refractivity contribution in [3.8, 4) is 5.75 Å². The number of hydrogen-bond acceptors (Lipinski definition) is 4. The number of nitrogens with two attached hydrogens (primary N) is 1. The summed E-state index contributed by atoms with van der Waals surface area (Å²) < 4.78 is 10.9. The highest BCUT2D eigenvalue weighted by atomic mass is 32.1. The normalized spacial score (nSPS) is 18.3. The van der Waals surface area contributed by atoms with Crippen LogP contribution in [0.1, 0.15) is 19.3 Å². The third-order valence-corrected chi connectivity index (χ3v) is 3.10. The molecule has 1 aromatic rings. The summed E-state index contributed by atoms with van der Waals surface area (Å²) in [5.74, 6) is 0.403. The lowest BCUT2D eigenvalue weighted by molar-refractivity contribution is -0.129. The van der Waals surface area contributed by atoms with E-state index in [9.17, 15) is 4.79 Å². The smallest absolute Gasteiger partial charge is 0.253 e. The number of carbonyl (C=O) groups is 1. The van der Waals surface area contributed by atoms with Gasteiger partial charge < -0.3 is 20.5 Å². The Morgan fingerprint density at radius 3 is 2.95 bits per heavy atom. The SMILES string of the molecule is NC(=S)COc1ccccc1NC(=O)C1CCCCO1. The fourth-order valence-electron chi connectivity index (χ4n) is 2.01. The molecule has 108 valence electrons. The van der Waals surface area contributed by atoms with Gasteiger partial charge in [-0.3, -0.25) is 4.79 Å². The number of hydrogen-bond donors (Lipinski definition) is 2. The van der Waals surface area contributed by atoms with E-state index in [2.05, 4.69) is 5.32 Å². The van der Waals surface area contributed by atoms with Gasteiger partial charge in [0.1, 0.15) is 23.4 Å². The Morgan fingerprint density at radius 2 is 2.25 bits per heavy atom. The zero-order chi connectivity index (χ0) is 14.4. The summed E-state index contributed by atoms with van der Waals surface area (Å²) in [6, 6.07) is 7.18. The fraction of sp³-hybridized carbons (Fsp3) is 0.429. The number of anilines is 1. The summed E-state index contributed by atoms with van der Waals surface area (Å²) in [5.41, 5.74) is 6.01. The first-order chi connectivity index (χ1) is 9.66.